The largest absolute Gasteiger partial charge is 0.365 e. The Morgan fingerprint density at radius 2 is 1.58 bits per heavy atom. The van der Waals surface area contributed by atoms with Gasteiger partial charge in [0, 0.05) is 36.1 Å². The molecule has 1 aromatic rings. The fourth-order valence-corrected chi connectivity index (χ4v) is 3.71. The molecule has 3 rings (SSSR count). The zero-order valence-electron chi connectivity index (χ0n) is 12.5. The SMILES string of the molecule is O=C1CCC(=O)N1CCN1C(=O)S[C@@H](Nc2ccc(Br)cc2)C1=O. The lowest BCUT2D eigenvalue weighted by atomic mass is 10.3. The third kappa shape index (κ3) is 3.46. The fraction of sp³-hybridized carbons (Fsp3) is 0.333. The van der Waals surface area contributed by atoms with Gasteiger partial charge in [0.15, 0.2) is 5.37 Å². The van der Waals surface area contributed by atoms with E-state index < -0.39 is 5.37 Å². The summed E-state index contributed by atoms with van der Waals surface area (Å²) >= 11 is 4.22. The second-order valence-corrected chi connectivity index (χ2v) is 7.32. The minimum Gasteiger partial charge on any atom is -0.365 e. The summed E-state index contributed by atoms with van der Waals surface area (Å²) in [6, 6.07) is 7.26. The molecule has 0 aliphatic carbocycles. The van der Waals surface area contributed by atoms with Crippen molar-refractivity contribution in [3.05, 3.63) is 28.7 Å². The number of anilines is 1. The zero-order valence-corrected chi connectivity index (χ0v) is 14.9. The van der Waals surface area contributed by atoms with Gasteiger partial charge in [-0.2, -0.15) is 0 Å². The first-order valence-corrected chi connectivity index (χ1v) is 9.00. The van der Waals surface area contributed by atoms with Gasteiger partial charge in [-0.1, -0.05) is 15.9 Å². The molecule has 9 heteroatoms. The first kappa shape index (κ1) is 17.0. The number of halogens is 1. The number of imide groups is 2. The number of thioether (sulfide) groups is 1. The molecule has 7 nitrogen and oxygen atoms in total. The van der Waals surface area contributed by atoms with Gasteiger partial charge in [-0.05, 0) is 36.0 Å². The summed E-state index contributed by atoms with van der Waals surface area (Å²) in [7, 11) is 0. The minimum atomic E-state index is -0.705. The molecule has 2 fully saturated rings. The number of benzene rings is 1. The van der Waals surface area contributed by atoms with Crippen LogP contribution in [0.4, 0.5) is 10.5 Å². The Morgan fingerprint density at radius 3 is 2.21 bits per heavy atom. The van der Waals surface area contributed by atoms with E-state index >= 15 is 0 Å². The summed E-state index contributed by atoms with van der Waals surface area (Å²) in [5, 5.41) is 1.92. The van der Waals surface area contributed by atoms with E-state index in [1.54, 1.807) is 12.1 Å². The molecule has 126 valence electrons. The lowest BCUT2D eigenvalue weighted by Crippen LogP contribution is -2.41. The molecule has 0 aromatic heterocycles. The van der Waals surface area contributed by atoms with Gasteiger partial charge in [0.05, 0.1) is 0 Å². The van der Waals surface area contributed by atoms with E-state index in [2.05, 4.69) is 21.2 Å². The second kappa shape index (κ2) is 6.94. The number of amides is 4. The van der Waals surface area contributed by atoms with Crippen molar-refractivity contribution in [1.82, 2.24) is 9.80 Å². The van der Waals surface area contributed by atoms with Gasteiger partial charge in [0.2, 0.25) is 11.8 Å². The van der Waals surface area contributed by atoms with Crippen LogP contribution in [-0.2, 0) is 14.4 Å². The highest BCUT2D eigenvalue weighted by atomic mass is 79.9. The Hall–Kier alpha value is -1.87. The van der Waals surface area contributed by atoms with Gasteiger partial charge >= 0.3 is 0 Å². The molecule has 0 spiro atoms. The summed E-state index contributed by atoms with van der Waals surface area (Å²) in [4.78, 5) is 49.8. The van der Waals surface area contributed by atoms with Crippen LogP contribution in [0.1, 0.15) is 12.8 Å². The molecular weight excluding hydrogens is 398 g/mol. The highest BCUT2D eigenvalue weighted by molar-refractivity contribution is 9.10. The van der Waals surface area contributed by atoms with Crippen molar-refractivity contribution < 1.29 is 19.2 Å². The predicted molar refractivity (Wildman–Crippen MR) is 92.2 cm³/mol. The molecular formula is C15H14BrN3O4S. The number of nitrogens with one attached hydrogen (secondary N) is 1. The Balaban J connectivity index is 1.60. The molecule has 1 N–H and O–H groups in total. The Bertz CT molecular complexity index is 693. The second-order valence-electron chi connectivity index (χ2n) is 5.34. The maximum Gasteiger partial charge on any atom is 0.290 e. The molecule has 0 saturated carbocycles. The topological polar surface area (TPSA) is 86.8 Å². The summed E-state index contributed by atoms with van der Waals surface area (Å²) in [5.74, 6) is -0.875. The van der Waals surface area contributed by atoms with Crippen molar-refractivity contribution in [1.29, 1.82) is 0 Å². The lowest BCUT2D eigenvalue weighted by Gasteiger charge is -2.19. The molecule has 0 bridgehead atoms. The summed E-state index contributed by atoms with van der Waals surface area (Å²) in [6.45, 7) is 0.0847. The van der Waals surface area contributed by atoms with E-state index in [1.165, 1.54) is 0 Å². The normalized spacial score (nSPS) is 21.1. The summed E-state index contributed by atoms with van der Waals surface area (Å²) in [5.41, 5.74) is 0.726. The molecule has 1 atom stereocenters. The van der Waals surface area contributed by atoms with Crippen LogP contribution in [0, 0.1) is 0 Å². The highest BCUT2D eigenvalue weighted by Gasteiger charge is 2.40. The van der Waals surface area contributed by atoms with E-state index in [1.807, 2.05) is 12.1 Å². The van der Waals surface area contributed by atoms with Crippen molar-refractivity contribution in [2.75, 3.05) is 18.4 Å². The van der Waals surface area contributed by atoms with Gasteiger partial charge in [0.25, 0.3) is 11.1 Å². The Labute approximate surface area is 150 Å². The van der Waals surface area contributed by atoms with Crippen LogP contribution in [0.2, 0.25) is 0 Å². The third-order valence-electron chi connectivity index (χ3n) is 3.77. The molecule has 0 unspecified atom stereocenters. The number of rotatable bonds is 5. The molecule has 24 heavy (non-hydrogen) atoms. The van der Waals surface area contributed by atoms with Crippen LogP contribution in [0.25, 0.3) is 0 Å². The van der Waals surface area contributed by atoms with Gasteiger partial charge in [-0.25, -0.2) is 0 Å². The van der Waals surface area contributed by atoms with E-state index in [9.17, 15) is 19.2 Å². The predicted octanol–water partition coefficient (Wildman–Crippen LogP) is 2.03. The van der Waals surface area contributed by atoms with Crippen molar-refractivity contribution in [3.63, 3.8) is 0 Å². The van der Waals surface area contributed by atoms with Crippen LogP contribution < -0.4 is 5.32 Å². The molecule has 2 aliphatic rings. The number of likely N-dealkylation sites (tertiary alicyclic amines) is 1. The van der Waals surface area contributed by atoms with Gasteiger partial charge < -0.3 is 5.32 Å². The van der Waals surface area contributed by atoms with E-state index in [4.69, 9.17) is 0 Å². The molecule has 2 heterocycles. The number of hydrogen-bond acceptors (Lipinski definition) is 6. The summed E-state index contributed by atoms with van der Waals surface area (Å²) in [6.07, 6.45) is 0.395. The van der Waals surface area contributed by atoms with Crippen LogP contribution in [0.3, 0.4) is 0 Å². The number of hydrogen-bond donors (Lipinski definition) is 1. The average Bonchev–Trinajstić information content (AvgIpc) is 3.00. The van der Waals surface area contributed by atoms with E-state index in [0.29, 0.717) is 0 Å². The quantitative estimate of drug-likeness (QED) is 0.745. The first-order valence-electron chi connectivity index (χ1n) is 7.33. The van der Waals surface area contributed by atoms with E-state index in [-0.39, 0.29) is 48.9 Å². The van der Waals surface area contributed by atoms with Crippen molar-refractivity contribution in [3.8, 4) is 0 Å². The Morgan fingerprint density at radius 1 is 1.00 bits per heavy atom. The van der Waals surface area contributed by atoms with Gasteiger partial charge in [0.1, 0.15) is 0 Å². The minimum absolute atomic E-state index is 0.0284. The van der Waals surface area contributed by atoms with Crippen molar-refractivity contribution in [2.24, 2.45) is 0 Å². The zero-order chi connectivity index (χ0) is 17.3. The monoisotopic (exact) mass is 411 g/mol. The van der Waals surface area contributed by atoms with E-state index in [0.717, 1.165) is 31.7 Å². The lowest BCUT2D eigenvalue weighted by molar-refractivity contribution is -0.139. The maximum absolute atomic E-state index is 12.4. The first-order chi connectivity index (χ1) is 11.5. The molecule has 1 aromatic carbocycles. The van der Waals surface area contributed by atoms with Crippen LogP contribution in [-0.4, -0.2) is 51.2 Å². The maximum atomic E-state index is 12.4. The number of carbonyl (C=O) groups excluding carboxylic acids is 4. The molecule has 0 radical (unpaired) electrons. The summed E-state index contributed by atoms with van der Waals surface area (Å²) < 4.78 is 0.913. The van der Waals surface area contributed by atoms with Crippen LogP contribution >= 0.6 is 27.7 Å². The Kier molecular flexibility index (Phi) is 4.91. The van der Waals surface area contributed by atoms with Gasteiger partial charge in [-0.15, -0.1) is 0 Å². The fourth-order valence-electron chi connectivity index (χ4n) is 2.51. The third-order valence-corrected chi connectivity index (χ3v) is 5.28. The van der Waals surface area contributed by atoms with Crippen molar-refractivity contribution in [2.45, 2.75) is 18.2 Å². The molecule has 4 amide bonds. The standard InChI is InChI=1S/C15H14BrN3O4S/c16-9-1-3-10(4-2-9)17-13-14(22)19(15(23)24-13)8-7-18-11(20)5-6-12(18)21/h1-4,13,17H,5-8H2/t13-/m1/s1. The number of nitrogens with zero attached hydrogens (tertiary/aromatic N) is 2. The smallest absolute Gasteiger partial charge is 0.290 e. The molecule has 2 aliphatic heterocycles. The number of carbonyl (C=O) groups is 4. The van der Waals surface area contributed by atoms with Gasteiger partial charge in [-0.3, -0.25) is 29.0 Å². The molecule has 2 saturated heterocycles. The average molecular weight is 412 g/mol. The van der Waals surface area contributed by atoms with Crippen molar-refractivity contribution >= 4 is 56.3 Å². The highest BCUT2D eigenvalue weighted by Crippen LogP contribution is 2.28. The van der Waals surface area contributed by atoms with Crippen LogP contribution in [0.5, 0.6) is 0 Å². The van der Waals surface area contributed by atoms with Crippen LogP contribution in [0.15, 0.2) is 28.7 Å².